The Labute approximate surface area is 97.1 Å². The average Bonchev–Trinajstić information content (AvgIpc) is 2.32. The number of rotatable bonds is 5. The lowest BCUT2D eigenvalue weighted by Gasteiger charge is -2.07. The average molecular weight is 224 g/mol. The van der Waals surface area contributed by atoms with Gasteiger partial charge < -0.3 is 9.84 Å². The molecule has 0 fully saturated rings. The molecule has 0 aromatic heterocycles. The van der Waals surface area contributed by atoms with Gasteiger partial charge in [-0.25, -0.2) is 4.79 Å². The van der Waals surface area contributed by atoms with E-state index in [2.05, 4.69) is 6.92 Å². The first-order valence-electron chi connectivity index (χ1n) is 5.70. The number of carboxylic acid groups (broad SMARTS) is 1. The van der Waals surface area contributed by atoms with Crippen LogP contribution in [0.2, 0.25) is 0 Å². The van der Waals surface area contributed by atoms with Gasteiger partial charge in [0.05, 0.1) is 6.61 Å². The molecule has 3 nitrogen and oxygen atoms in total. The molecule has 0 heterocycles. The monoisotopic (exact) mass is 224 g/mol. The van der Waals surface area contributed by atoms with E-state index in [9.17, 15) is 4.79 Å². The maximum atomic E-state index is 10.8. The highest BCUT2D eigenvalue weighted by Crippen LogP contribution is 2.17. The van der Waals surface area contributed by atoms with E-state index in [-0.39, 0.29) is 5.56 Å². The molecule has 0 aliphatic heterocycles. The first-order chi connectivity index (χ1) is 7.75. The van der Waals surface area contributed by atoms with Crippen LogP contribution < -0.4 is 4.74 Å². The van der Waals surface area contributed by atoms with Crippen molar-refractivity contribution in [2.24, 2.45) is 0 Å². The fraction of sp³-hybridized carbons (Fsp3) is 0.462. The van der Waals surface area contributed by atoms with Gasteiger partial charge in [-0.05, 0) is 18.6 Å². The molecule has 1 N–H and O–H groups in total. The number of benzene rings is 1. The molecule has 3 heteroatoms. The predicted octanol–water partition coefficient (Wildman–Crippen LogP) is 3.59. The van der Waals surface area contributed by atoms with Crippen molar-refractivity contribution in [2.75, 3.05) is 6.61 Å². The summed E-state index contributed by atoms with van der Waals surface area (Å²) < 4.78 is 5.36. The molecule has 0 amide bonds. The van der Waals surface area contributed by atoms with E-state index in [1.165, 1.54) is 0 Å². The van der Waals surface area contributed by atoms with Crippen LogP contribution in [0.15, 0.2) is 24.3 Å². The molecule has 1 aromatic rings. The van der Waals surface area contributed by atoms with Gasteiger partial charge in [-0.2, -0.15) is 0 Å². The number of para-hydroxylation sites is 1. The van der Waals surface area contributed by atoms with E-state index in [1.807, 2.05) is 13.8 Å². The Balaban J connectivity index is 0.00000106. The van der Waals surface area contributed by atoms with Crippen molar-refractivity contribution in [3.05, 3.63) is 29.8 Å². The van der Waals surface area contributed by atoms with E-state index >= 15 is 0 Å². The van der Waals surface area contributed by atoms with Crippen LogP contribution in [-0.4, -0.2) is 17.7 Å². The summed E-state index contributed by atoms with van der Waals surface area (Å²) in [6, 6.07) is 6.69. The lowest BCUT2D eigenvalue weighted by Crippen LogP contribution is -2.03. The molecule has 16 heavy (non-hydrogen) atoms. The second-order valence-electron chi connectivity index (χ2n) is 3.00. The largest absolute Gasteiger partial charge is 0.493 e. The quantitative estimate of drug-likeness (QED) is 0.777. The summed E-state index contributed by atoms with van der Waals surface area (Å²) >= 11 is 0. The first kappa shape index (κ1) is 14.5. The Morgan fingerprint density at radius 2 is 1.94 bits per heavy atom. The number of carboxylic acids is 1. The van der Waals surface area contributed by atoms with Crippen LogP contribution in [-0.2, 0) is 0 Å². The van der Waals surface area contributed by atoms with Gasteiger partial charge in [0, 0.05) is 0 Å². The van der Waals surface area contributed by atoms with E-state index in [4.69, 9.17) is 9.84 Å². The third-order valence-corrected chi connectivity index (χ3v) is 1.87. The van der Waals surface area contributed by atoms with Gasteiger partial charge in [0.15, 0.2) is 0 Å². The summed E-state index contributed by atoms with van der Waals surface area (Å²) in [6.07, 6.45) is 1.98. The van der Waals surface area contributed by atoms with Gasteiger partial charge in [-0.1, -0.05) is 39.3 Å². The molecule has 0 bridgehead atoms. The Morgan fingerprint density at radius 3 is 2.50 bits per heavy atom. The molecule has 90 valence electrons. The van der Waals surface area contributed by atoms with Gasteiger partial charge in [0.1, 0.15) is 11.3 Å². The van der Waals surface area contributed by atoms with E-state index < -0.39 is 5.97 Å². The topological polar surface area (TPSA) is 46.5 Å². The van der Waals surface area contributed by atoms with Crippen LogP contribution in [0.25, 0.3) is 0 Å². The molecule has 0 aliphatic rings. The zero-order valence-electron chi connectivity index (χ0n) is 10.2. The normalized spacial score (nSPS) is 8.94. The number of carbonyl (C=O) groups is 1. The highest BCUT2D eigenvalue weighted by atomic mass is 16.5. The molecule has 0 radical (unpaired) electrons. The number of aromatic carboxylic acids is 1. The molecule has 0 aliphatic carbocycles. The second kappa shape index (κ2) is 8.77. The van der Waals surface area contributed by atoms with Crippen molar-refractivity contribution in [2.45, 2.75) is 33.6 Å². The summed E-state index contributed by atoms with van der Waals surface area (Å²) in [5.74, 6) is -0.495. The lowest BCUT2D eigenvalue weighted by atomic mass is 10.2. The standard InChI is InChI=1S/C11H14O3.C2H6/c1-2-3-8-14-10-7-5-4-6-9(10)11(12)13;1-2/h4-7H,2-3,8H2,1H3,(H,12,13);1-2H3. The van der Waals surface area contributed by atoms with Crippen LogP contribution in [0.4, 0.5) is 0 Å². The van der Waals surface area contributed by atoms with Crippen molar-refractivity contribution >= 4 is 5.97 Å². The molecule has 0 spiro atoms. The van der Waals surface area contributed by atoms with Crippen molar-refractivity contribution in [3.8, 4) is 5.75 Å². The Hall–Kier alpha value is -1.51. The van der Waals surface area contributed by atoms with E-state index in [0.29, 0.717) is 12.4 Å². The maximum Gasteiger partial charge on any atom is 0.339 e. The van der Waals surface area contributed by atoms with Crippen LogP contribution in [0.1, 0.15) is 44.0 Å². The van der Waals surface area contributed by atoms with Crippen LogP contribution >= 0.6 is 0 Å². The number of hydrogen-bond acceptors (Lipinski definition) is 2. The molecule has 0 unspecified atom stereocenters. The van der Waals surface area contributed by atoms with Gasteiger partial charge in [0.25, 0.3) is 0 Å². The third kappa shape index (κ3) is 4.82. The second-order valence-corrected chi connectivity index (χ2v) is 3.00. The van der Waals surface area contributed by atoms with Crippen molar-refractivity contribution < 1.29 is 14.6 Å². The Morgan fingerprint density at radius 1 is 1.31 bits per heavy atom. The van der Waals surface area contributed by atoms with Crippen LogP contribution in [0, 0.1) is 0 Å². The molecular weight excluding hydrogens is 204 g/mol. The molecule has 0 atom stereocenters. The van der Waals surface area contributed by atoms with E-state index in [0.717, 1.165) is 12.8 Å². The summed E-state index contributed by atoms with van der Waals surface area (Å²) in [4.78, 5) is 10.8. The Bertz CT molecular complexity index is 308. The van der Waals surface area contributed by atoms with Crippen molar-refractivity contribution in [1.82, 2.24) is 0 Å². The fourth-order valence-corrected chi connectivity index (χ4v) is 1.10. The SMILES string of the molecule is CC.CCCCOc1ccccc1C(=O)O. The Kier molecular flexibility index (Phi) is 7.94. The van der Waals surface area contributed by atoms with Gasteiger partial charge in [-0.3, -0.25) is 0 Å². The third-order valence-electron chi connectivity index (χ3n) is 1.87. The molecule has 1 rings (SSSR count). The number of unbranched alkanes of at least 4 members (excludes halogenated alkanes) is 1. The number of ether oxygens (including phenoxy) is 1. The highest BCUT2D eigenvalue weighted by Gasteiger charge is 2.09. The predicted molar refractivity (Wildman–Crippen MR) is 65.2 cm³/mol. The van der Waals surface area contributed by atoms with Gasteiger partial charge in [-0.15, -0.1) is 0 Å². The zero-order valence-corrected chi connectivity index (χ0v) is 10.2. The van der Waals surface area contributed by atoms with Crippen molar-refractivity contribution in [1.29, 1.82) is 0 Å². The van der Waals surface area contributed by atoms with Gasteiger partial charge in [0.2, 0.25) is 0 Å². The van der Waals surface area contributed by atoms with Crippen molar-refractivity contribution in [3.63, 3.8) is 0 Å². The molecular formula is C13H20O3. The lowest BCUT2D eigenvalue weighted by molar-refractivity contribution is 0.0692. The summed E-state index contributed by atoms with van der Waals surface area (Å²) in [5, 5.41) is 8.84. The minimum atomic E-state index is -0.947. The molecule has 1 aromatic carbocycles. The highest BCUT2D eigenvalue weighted by molar-refractivity contribution is 5.90. The molecule has 0 saturated carbocycles. The number of hydrogen-bond donors (Lipinski definition) is 1. The summed E-state index contributed by atoms with van der Waals surface area (Å²) in [6.45, 7) is 6.63. The van der Waals surface area contributed by atoms with Crippen LogP contribution in [0.5, 0.6) is 5.75 Å². The fourth-order valence-electron chi connectivity index (χ4n) is 1.10. The maximum absolute atomic E-state index is 10.8. The minimum Gasteiger partial charge on any atom is -0.493 e. The van der Waals surface area contributed by atoms with E-state index in [1.54, 1.807) is 24.3 Å². The molecule has 0 saturated heterocycles. The van der Waals surface area contributed by atoms with Gasteiger partial charge >= 0.3 is 5.97 Å². The minimum absolute atomic E-state index is 0.226. The zero-order chi connectivity index (χ0) is 12.4. The summed E-state index contributed by atoms with van der Waals surface area (Å²) in [5.41, 5.74) is 0.226. The summed E-state index contributed by atoms with van der Waals surface area (Å²) in [7, 11) is 0. The smallest absolute Gasteiger partial charge is 0.339 e. The first-order valence-corrected chi connectivity index (χ1v) is 5.70. The van der Waals surface area contributed by atoms with Crippen LogP contribution in [0.3, 0.4) is 0 Å².